The van der Waals surface area contributed by atoms with Gasteiger partial charge in [0.1, 0.15) is 5.52 Å². The van der Waals surface area contributed by atoms with E-state index in [1.807, 2.05) is 26.0 Å². The highest BCUT2D eigenvalue weighted by Crippen LogP contribution is 2.30. The molecule has 1 aromatic heterocycles. The Morgan fingerprint density at radius 1 is 1.44 bits per heavy atom. The van der Waals surface area contributed by atoms with E-state index >= 15 is 0 Å². The number of nitrogens with two attached hydrogens (primary N) is 1. The van der Waals surface area contributed by atoms with E-state index in [4.69, 9.17) is 10.2 Å². The van der Waals surface area contributed by atoms with Crippen molar-refractivity contribution < 1.29 is 9.52 Å². The van der Waals surface area contributed by atoms with E-state index in [0.29, 0.717) is 23.4 Å². The number of hydrogen-bond donors (Lipinski definition) is 2. The molecule has 86 valence electrons. The Hall–Kier alpha value is -1.55. The van der Waals surface area contributed by atoms with Gasteiger partial charge in [-0.05, 0) is 31.9 Å². The van der Waals surface area contributed by atoms with Gasteiger partial charge in [-0.3, -0.25) is 0 Å². The molecule has 16 heavy (non-hydrogen) atoms. The Morgan fingerprint density at radius 3 is 2.75 bits per heavy atom. The molecule has 0 bridgehead atoms. The van der Waals surface area contributed by atoms with Gasteiger partial charge in [0.25, 0.3) is 0 Å². The minimum absolute atomic E-state index is 0.150. The van der Waals surface area contributed by atoms with Crippen LogP contribution in [0.25, 0.3) is 11.1 Å². The first-order valence-electron chi connectivity index (χ1n) is 5.24. The third-order valence-electron chi connectivity index (χ3n) is 2.37. The molecule has 0 radical (unpaired) electrons. The highest BCUT2D eigenvalue weighted by molar-refractivity contribution is 5.80. The van der Waals surface area contributed by atoms with Crippen molar-refractivity contribution in [3.8, 4) is 5.75 Å². The van der Waals surface area contributed by atoms with Gasteiger partial charge in [0, 0.05) is 12.5 Å². The van der Waals surface area contributed by atoms with Gasteiger partial charge >= 0.3 is 0 Å². The van der Waals surface area contributed by atoms with Gasteiger partial charge in [0.15, 0.2) is 17.2 Å². The number of aromatic hydroxyl groups is 1. The van der Waals surface area contributed by atoms with E-state index in [0.717, 1.165) is 5.56 Å². The lowest BCUT2D eigenvalue weighted by atomic mass is 9.95. The first-order chi connectivity index (χ1) is 7.37. The summed E-state index contributed by atoms with van der Waals surface area (Å²) >= 11 is 0. The molecule has 2 aromatic rings. The van der Waals surface area contributed by atoms with Crippen LogP contribution in [0.2, 0.25) is 0 Å². The lowest BCUT2D eigenvalue weighted by Crippen LogP contribution is -2.34. The van der Waals surface area contributed by atoms with Crippen molar-refractivity contribution in [2.24, 2.45) is 5.73 Å². The molecule has 0 aliphatic carbocycles. The molecule has 0 saturated carbocycles. The fourth-order valence-electron chi connectivity index (χ4n) is 1.76. The largest absolute Gasteiger partial charge is 0.504 e. The van der Waals surface area contributed by atoms with E-state index in [1.165, 1.54) is 0 Å². The Bertz CT molecular complexity index is 524. The second-order valence-electron chi connectivity index (χ2n) is 4.82. The highest BCUT2D eigenvalue weighted by atomic mass is 16.4. The number of rotatable bonds is 2. The van der Waals surface area contributed by atoms with Gasteiger partial charge < -0.3 is 15.3 Å². The van der Waals surface area contributed by atoms with Gasteiger partial charge in [-0.2, -0.15) is 0 Å². The van der Waals surface area contributed by atoms with Crippen LogP contribution in [0, 0.1) is 6.92 Å². The summed E-state index contributed by atoms with van der Waals surface area (Å²) in [6, 6.07) is 3.68. The van der Waals surface area contributed by atoms with Crippen LogP contribution in [-0.4, -0.2) is 15.6 Å². The zero-order valence-corrected chi connectivity index (χ0v) is 9.74. The lowest BCUT2D eigenvalue weighted by Gasteiger charge is -2.18. The minimum Gasteiger partial charge on any atom is -0.504 e. The summed E-state index contributed by atoms with van der Waals surface area (Å²) in [5.74, 6) is 0.700. The number of fused-ring (bicyclic) bond motifs is 1. The average Bonchev–Trinajstić information content (AvgIpc) is 2.50. The molecule has 4 nitrogen and oxygen atoms in total. The number of aryl methyl sites for hydroxylation is 1. The Labute approximate surface area is 94.1 Å². The van der Waals surface area contributed by atoms with Gasteiger partial charge in [-0.25, -0.2) is 4.98 Å². The van der Waals surface area contributed by atoms with E-state index in [9.17, 15) is 5.11 Å². The molecular formula is C12H16N2O2. The summed E-state index contributed by atoms with van der Waals surface area (Å²) in [7, 11) is 0. The lowest BCUT2D eigenvalue weighted by molar-refractivity contribution is 0.440. The van der Waals surface area contributed by atoms with Crippen LogP contribution in [0.3, 0.4) is 0 Å². The van der Waals surface area contributed by atoms with E-state index in [2.05, 4.69) is 4.98 Å². The summed E-state index contributed by atoms with van der Waals surface area (Å²) in [4.78, 5) is 4.15. The van der Waals surface area contributed by atoms with Crippen LogP contribution in [-0.2, 0) is 6.42 Å². The van der Waals surface area contributed by atoms with E-state index in [-0.39, 0.29) is 11.3 Å². The summed E-state index contributed by atoms with van der Waals surface area (Å²) in [5.41, 5.74) is 7.47. The number of oxazole rings is 1. The maximum absolute atomic E-state index is 10.0. The van der Waals surface area contributed by atoms with Crippen molar-refractivity contribution in [2.45, 2.75) is 32.7 Å². The van der Waals surface area contributed by atoms with Gasteiger partial charge in [0.05, 0.1) is 0 Å². The maximum atomic E-state index is 10.0. The molecule has 2 rings (SSSR count). The average molecular weight is 220 g/mol. The number of aromatic nitrogens is 1. The number of phenolic OH excluding ortho intramolecular Hbond substituents is 1. The number of hydrogen-bond acceptors (Lipinski definition) is 4. The SMILES string of the molecule is Cc1nc2ccc(CC(C)(C)N)c(O)c2o1. The van der Waals surface area contributed by atoms with Gasteiger partial charge in [-0.1, -0.05) is 6.07 Å². The molecule has 1 aromatic carbocycles. The molecule has 0 fully saturated rings. The van der Waals surface area contributed by atoms with Crippen molar-refractivity contribution in [1.82, 2.24) is 4.98 Å². The van der Waals surface area contributed by atoms with Crippen LogP contribution in [0.5, 0.6) is 5.75 Å². The molecular weight excluding hydrogens is 204 g/mol. The van der Waals surface area contributed by atoms with Crippen LogP contribution in [0.1, 0.15) is 25.3 Å². The third-order valence-corrected chi connectivity index (χ3v) is 2.37. The molecule has 0 aliphatic rings. The second kappa shape index (κ2) is 3.49. The molecule has 0 unspecified atom stereocenters. The quantitative estimate of drug-likeness (QED) is 0.813. The first-order valence-corrected chi connectivity index (χ1v) is 5.24. The van der Waals surface area contributed by atoms with Crippen molar-refractivity contribution in [3.63, 3.8) is 0 Å². The Morgan fingerprint density at radius 2 is 2.12 bits per heavy atom. The van der Waals surface area contributed by atoms with E-state index in [1.54, 1.807) is 6.92 Å². The summed E-state index contributed by atoms with van der Waals surface area (Å²) < 4.78 is 5.35. The normalized spacial score (nSPS) is 12.2. The Kier molecular flexibility index (Phi) is 2.39. The zero-order chi connectivity index (χ0) is 11.9. The molecule has 0 spiro atoms. The third kappa shape index (κ3) is 2.02. The smallest absolute Gasteiger partial charge is 0.196 e. The topological polar surface area (TPSA) is 72.3 Å². The predicted octanol–water partition coefficient (Wildman–Crippen LogP) is 2.12. The zero-order valence-electron chi connectivity index (χ0n) is 9.74. The first kappa shape index (κ1) is 11.0. The summed E-state index contributed by atoms with van der Waals surface area (Å²) in [5, 5.41) is 10.0. The highest BCUT2D eigenvalue weighted by Gasteiger charge is 2.17. The summed E-state index contributed by atoms with van der Waals surface area (Å²) in [6.45, 7) is 5.59. The molecule has 0 aliphatic heterocycles. The Balaban J connectivity index is 2.52. The number of nitrogens with zero attached hydrogens (tertiary/aromatic N) is 1. The standard InChI is InChI=1S/C12H16N2O2/c1-7-14-9-5-4-8(6-12(2,3)13)10(15)11(9)16-7/h4-5,15H,6,13H2,1-3H3. The van der Waals surface area contributed by atoms with Crippen LogP contribution in [0.4, 0.5) is 0 Å². The maximum Gasteiger partial charge on any atom is 0.196 e. The van der Waals surface area contributed by atoms with Crippen molar-refractivity contribution in [3.05, 3.63) is 23.6 Å². The van der Waals surface area contributed by atoms with Crippen molar-refractivity contribution in [2.75, 3.05) is 0 Å². The van der Waals surface area contributed by atoms with Crippen LogP contribution < -0.4 is 5.73 Å². The second-order valence-corrected chi connectivity index (χ2v) is 4.82. The van der Waals surface area contributed by atoms with Crippen molar-refractivity contribution in [1.29, 1.82) is 0 Å². The molecule has 4 heteroatoms. The number of phenols is 1. The monoisotopic (exact) mass is 220 g/mol. The predicted molar refractivity (Wildman–Crippen MR) is 62.4 cm³/mol. The van der Waals surface area contributed by atoms with Gasteiger partial charge in [0.2, 0.25) is 0 Å². The number of benzene rings is 1. The fourth-order valence-corrected chi connectivity index (χ4v) is 1.76. The molecule has 3 N–H and O–H groups in total. The summed E-state index contributed by atoms with van der Waals surface area (Å²) in [6.07, 6.45) is 0.592. The van der Waals surface area contributed by atoms with E-state index < -0.39 is 0 Å². The molecule has 0 amide bonds. The van der Waals surface area contributed by atoms with Crippen LogP contribution >= 0.6 is 0 Å². The molecule has 0 saturated heterocycles. The van der Waals surface area contributed by atoms with Crippen molar-refractivity contribution >= 4 is 11.1 Å². The fraction of sp³-hybridized carbons (Fsp3) is 0.417. The minimum atomic E-state index is -0.361. The van der Waals surface area contributed by atoms with Gasteiger partial charge in [-0.15, -0.1) is 0 Å². The van der Waals surface area contributed by atoms with Crippen LogP contribution in [0.15, 0.2) is 16.5 Å². The molecule has 1 heterocycles. The molecule has 0 atom stereocenters.